The molecule has 0 aliphatic carbocycles. The Morgan fingerprint density at radius 1 is 0.923 bits per heavy atom. The zero-order valence-electron chi connectivity index (χ0n) is 19.7. The first-order valence-corrected chi connectivity index (χ1v) is 11.4. The largest absolute Gasteiger partial charge is 0.416 e. The highest BCUT2D eigenvalue weighted by molar-refractivity contribution is 6.10. The van der Waals surface area contributed by atoms with Gasteiger partial charge in [-0.2, -0.15) is 26.3 Å². The second kappa shape index (κ2) is 9.34. The first-order valence-electron chi connectivity index (χ1n) is 11.4. The van der Waals surface area contributed by atoms with Crippen molar-refractivity contribution >= 4 is 39.9 Å². The van der Waals surface area contributed by atoms with Crippen molar-refractivity contribution in [3.8, 4) is 0 Å². The molecule has 0 saturated carbocycles. The number of hydrogen-bond acceptors (Lipinski definition) is 4. The summed E-state index contributed by atoms with van der Waals surface area (Å²) in [5.41, 5.74) is -4.92. The SMILES string of the molecule is O=C(Nc1ccc2c(c1)NC(=O)C2(C(F)(F)F)C(F)(F)F)c1cccnc1[NH2+]Cc1ccc2ncccc2c1. The third-order valence-corrected chi connectivity index (χ3v) is 6.40. The van der Waals surface area contributed by atoms with Crippen LogP contribution in [0.25, 0.3) is 10.9 Å². The second-order valence-corrected chi connectivity index (χ2v) is 8.79. The summed E-state index contributed by atoms with van der Waals surface area (Å²) in [5, 5.41) is 6.77. The van der Waals surface area contributed by atoms with Crippen LogP contribution in [0, 0.1) is 0 Å². The maximum Gasteiger partial charge on any atom is 0.416 e. The van der Waals surface area contributed by atoms with Gasteiger partial charge in [-0.25, -0.2) is 4.98 Å². The van der Waals surface area contributed by atoms with Gasteiger partial charge in [-0.05, 0) is 42.5 Å². The minimum atomic E-state index is -5.94. The number of fused-ring (bicyclic) bond motifs is 2. The van der Waals surface area contributed by atoms with Crippen LogP contribution in [0.4, 0.5) is 43.5 Å². The molecule has 1 aliphatic heterocycles. The van der Waals surface area contributed by atoms with Gasteiger partial charge in [0.25, 0.3) is 17.2 Å². The van der Waals surface area contributed by atoms with Crippen molar-refractivity contribution in [1.29, 1.82) is 0 Å². The zero-order chi connectivity index (χ0) is 28.0. The average molecular weight is 546 g/mol. The van der Waals surface area contributed by atoms with E-state index in [1.165, 1.54) is 18.3 Å². The number of rotatable bonds is 5. The molecule has 2 aromatic carbocycles. The molecule has 0 unspecified atom stereocenters. The van der Waals surface area contributed by atoms with Crippen molar-refractivity contribution in [2.45, 2.75) is 24.3 Å². The summed E-state index contributed by atoms with van der Waals surface area (Å²) in [6.45, 7) is 0.421. The number of pyridine rings is 2. The van der Waals surface area contributed by atoms with Gasteiger partial charge >= 0.3 is 12.4 Å². The number of nitrogens with one attached hydrogen (secondary N) is 2. The van der Waals surface area contributed by atoms with Crippen molar-refractivity contribution in [1.82, 2.24) is 9.97 Å². The first-order chi connectivity index (χ1) is 18.4. The summed E-state index contributed by atoms with van der Waals surface area (Å²) in [7, 11) is 0. The van der Waals surface area contributed by atoms with Crippen LogP contribution in [0.1, 0.15) is 21.5 Å². The number of hydrogen-bond donors (Lipinski definition) is 3. The molecule has 0 spiro atoms. The molecule has 2 amide bonds. The van der Waals surface area contributed by atoms with E-state index in [4.69, 9.17) is 0 Å². The molecule has 0 fully saturated rings. The quantitative estimate of drug-likeness (QED) is 0.319. The molecule has 4 N–H and O–H groups in total. The van der Waals surface area contributed by atoms with Gasteiger partial charge < -0.3 is 10.6 Å². The highest BCUT2D eigenvalue weighted by Gasteiger charge is 2.78. The van der Waals surface area contributed by atoms with E-state index in [0.717, 1.165) is 28.6 Å². The number of anilines is 2. The Bertz CT molecular complexity index is 1590. The number of nitrogens with two attached hydrogens (primary N) is 1. The van der Waals surface area contributed by atoms with Gasteiger partial charge in [0, 0.05) is 40.3 Å². The third kappa shape index (κ3) is 4.44. The van der Waals surface area contributed by atoms with Crippen LogP contribution in [-0.4, -0.2) is 34.1 Å². The molecular weight excluding hydrogens is 528 g/mol. The van der Waals surface area contributed by atoms with Crippen LogP contribution in [0.3, 0.4) is 0 Å². The minimum absolute atomic E-state index is 0.115. The molecular formula is C26H18F6N5O2+. The summed E-state index contributed by atoms with van der Waals surface area (Å²) in [4.78, 5) is 33.5. The lowest BCUT2D eigenvalue weighted by Gasteiger charge is -2.31. The highest BCUT2D eigenvalue weighted by Crippen LogP contribution is 2.57. The van der Waals surface area contributed by atoms with E-state index in [0.29, 0.717) is 18.4 Å². The number of benzene rings is 2. The Balaban J connectivity index is 1.37. The summed E-state index contributed by atoms with van der Waals surface area (Å²) in [6, 6.07) is 14.7. The van der Waals surface area contributed by atoms with E-state index < -0.39 is 40.8 Å². The van der Waals surface area contributed by atoms with Gasteiger partial charge in [0.2, 0.25) is 5.82 Å². The lowest BCUT2D eigenvalue weighted by molar-refractivity contribution is -0.592. The van der Waals surface area contributed by atoms with Gasteiger partial charge in [-0.15, -0.1) is 0 Å². The Hall–Kier alpha value is -4.52. The molecule has 39 heavy (non-hydrogen) atoms. The Labute approximate surface area is 216 Å². The molecule has 2 aromatic heterocycles. The van der Waals surface area contributed by atoms with Gasteiger partial charge in [-0.1, -0.05) is 18.2 Å². The molecule has 1 aliphatic rings. The van der Waals surface area contributed by atoms with Crippen molar-refractivity contribution < 1.29 is 41.2 Å². The number of carbonyl (C=O) groups is 2. The smallest absolute Gasteiger partial charge is 0.324 e. The van der Waals surface area contributed by atoms with Crippen LogP contribution in [0.15, 0.2) is 73.1 Å². The number of alkyl halides is 6. The maximum absolute atomic E-state index is 13.6. The van der Waals surface area contributed by atoms with Crippen LogP contribution >= 0.6 is 0 Å². The average Bonchev–Trinajstić information content (AvgIpc) is 3.19. The van der Waals surface area contributed by atoms with Crippen molar-refractivity contribution in [3.63, 3.8) is 0 Å². The van der Waals surface area contributed by atoms with Crippen molar-refractivity contribution in [3.05, 3.63) is 89.7 Å². The number of carbonyl (C=O) groups excluding carboxylic acids is 2. The summed E-state index contributed by atoms with van der Waals surface area (Å²) in [6.07, 6.45) is -8.71. The van der Waals surface area contributed by atoms with Gasteiger partial charge in [-0.3, -0.25) is 19.9 Å². The Kier molecular flexibility index (Phi) is 6.25. The third-order valence-electron chi connectivity index (χ3n) is 6.40. The lowest BCUT2D eigenvalue weighted by atomic mass is 9.80. The number of aromatic nitrogens is 2. The molecule has 0 saturated heterocycles. The standard InChI is InChI=1S/C26H17F6N5O2/c27-25(28,29)24(26(30,31)32)18-7-6-16(12-20(18)37-23(24)39)36-22(38)17-4-2-10-34-21(17)35-13-14-5-8-19-15(11-14)3-1-9-33-19/h1-12H,13H2,(H,34,35)(H,36,38)(H,37,39)/p+1. The van der Waals surface area contributed by atoms with E-state index in [-0.39, 0.29) is 11.3 Å². The fourth-order valence-corrected chi connectivity index (χ4v) is 4.55. The number of quaternary nitrogens is 1. The molecule has 4 aromatic rings. The van der Waals surface area contributed by atoms with Crippen LogP contribution in [0.2, 0.25) is 0 Å². The maximum atomic E-state index is 13.6. The molecule has 200 valence electrons. The Morgan fingerprint density at radius 3 is 2.38 bits per heavy atom. The van der Waals surface area contributed by atoms with E-state index in [2.05, 4.69) is 15.3 Å². The number of halogens is 6. The predicted octanol–water partition coefficient (Wildman–Crippen LogP) is 4.59. The van der Waals surface area contributed by atoms with E-state index in [1.807, 2.05) is 30.3 Å². The monoisotopic (exact) mass is 546 g/mol. The minimum Gasteiger partial charge on any atom is -0.324 e. The van der Waals surface area contributed by atoms with Crippen LogP contribution in [-0.2, 0) is 16.8 Å². The number of nitrogens with zero attached hydrogens (tertiary/aromatic N) is 2. The van der Waals surface area contributed by atoms with Crippen molar-refractivity contribution in [2.75, 3.05) is 10.6 Å². The normalized spacial score (nSPS) is 14.7. The summed E-state index contributed by atoms with van der Waals surface area (Å²) < 4.78 is 81.8. The van der Waals surface area contributed by atoms with Gasteiger partial charge in [0.1, 0.15) is 12.1 Å². The molecule has 7 nitrogen and oxygen atoms in total. The van der Waals surface area contributed by atoms with E-state index in [9.17, 15) is 35.9 Å². The van der Waals surface area contributed by atoms with E-state index in [1.54, 1.807) is 16.8 Å². The second-order valence-electron chi connectivity index (χ2n) is 8.79. The van der Waals surface area contributed by atoms with Gasteiger partial charge in [0.05, 0.1) is 5.52 Å². The molecule has 0 bridgehead atoms. The predicted molar refractivity (Wildman–Crippen MR) is 128 cm³/mol. The molecule has 5 rings (SSSR count). The summed E-state index contributed by atoms with van der Waals surface area (Å²) >= 11 is 0. The Morgan fingerprint density at radius 2 is 1.64 bits per heavy atom. The fourth-order valence-electron chi connectivity index (χ4n) is 4.55. The van der Waals surface area contributed by atoms with Gasteiger partial charge in [0.15, 0.2) is 0 Å². The highest BCUT2D eigenvalue weighted by atomic mass is 19.4. The first kappa shape index (κ1) is 26.1. The van der Waals surface area contributed by atoms with E-state index >= 15 is 0 Å². The zero-order valence-corrected chi connectivity index (χ0v) is 19.7. The fraction of sp³-hybridized carbons (Fsp3) is 0.154. The molecule has 0 radical (unpaired) electrons. The molecule has 0 atom stereocenters. The topological polar surface area (TPSA) is 101 Å². The molecule has 13 heteroatoms. The van der Waals surface area contributed by atoms with Crippen LogP contribution in [0.5, 0.6) is 0 Å². The van der Waals surface area contributed by atoms with Crippen LogP contribution < -0.4 is 16.0 Å². The summed E-state index contributed by atoms with van der Waals surface area (Å²) in [5.74, 6) is -2.63. The van der Waals surface area contributed by atoms with Crippen molar-refractivity contribution in [2.24, 2.45) is 0 Å². The lowest BCUT2D eigenvalue weighted by Crippen LogP contribution is -2.77. The number of amides is 2. The molecule has 3 heterocycles.